The van der Waals surface area contributed by atoms with Crippen molar-refractivity contribution >= 4 is 18.0 Å². The summed E-state index contributed by atoms with van der Waals surface area (Å²) in [6.07, 6.45) is 8.18. The lowest BCUT2D eigenvalue weighted by atomic mass is 9.49. The van der Waals surface area contributed by atoms with Gasteiger partial charge in [-0.1, -0.05) is 54.8 Å². The van der Waals surface area contributed by atoms with Crippen molar-refractivity contribution in [1.29, 1.82) is 0 Å². The lowest BCUT2D eigenvalue weighted by Crippen LogP contribution is -2.54. The zero-order valence-electron chi connectivity index (χ0n) is 21.6. The van der Waals surface area contributed by atoms with Gasteiger partial charge in [0.1, 0.15) is 0 Å². The molecule has 5 nitrogen and oxygen atoms in total. The molecular weight excluding hydrogens is 450 g/mol. The molecule has 2 saturated carbocycles. The van der Waals surface area contributed by atoms with Gasteiger partial charge >= 0.3 is 5.97 Å². The highest BCUT2D eigenvalue weighted by atomic mass is 16.6. The maximum atomic E-state index is 12.3. The minimum Gasteiger partial charge on any atom is -0.445 e. The van der Waals surface area contributed by atoms with Crippen molar-refractivity contribution in [3.63, 3.8) is 0 Å². The number of rotatable bonds is 3. The number of hydrogen-bond donors (Lipinski definition) is 1. The van der Waals surface area contributed by atoms with Crippen molar-refractivity contribution in [2.24, 2.45) is 28.3 Å². The molecule has 3 unspecified atom stereocenters. The Balaban J connectivity index is 1.71. The molecule has 5 heteroatoms. The number of carbonyl (C=O) groups is 2. The van der Waals surface area contributed by atoms with E-state index in [1.165, 1.54) is 35.4 Å². The van der Waals surface area contributed by atoms with Gasteiger partial charge in [0, 0.05) is 24.7 Å². The first-order chi connectivity index (χ1) is 17.2. The third-order valence-corrected chi connectivity index (χ3v) is 9.38. The minimum absolute atomic E-state index is 0.136. The van der Waals surface area contributed by atoms with Crippen LogP contribution in [0.25, 0.3) is 0 Å². The van der Waals surface area contributed by atoms with Gasteiger partial charge in [-0.05, 0) is 85.1 Å². The van der Waals surface area contributed by atoms with Gasteiger partial charge < -0.3 is 9.94 Å². The van der Waals surface area contributed by atoms with Crippen molar-refractivity contribution in [2.45, 2.75) is 77.7 Å². The fourth-order valence-electron chi connectivity index (χ4n) is 8.02. The van der Waals surface area contributed by atoms with Crippen LogP contribution in [-0.4, -0.2) is 28.8 Å². The van der Waals surface area contributed by atoms with Crippen LogP contribution in [0.4, 0.5) is 0 Å². The highest BCUT2D eigenvalue weighted by Gasteiger charge is 2.65. The molecule has 1 N–H and O–H groups in total. The van der Waals surface area contributed by atoms with Gasteiger partial charge in [-0.25, -0.2) is 0 Å². The summed E-state index contributed by atoms with van der Waals surface area (Å²) in [4.78, 5) is 24.7. The van der Waals surface area contributed by atoms with Crippen molar-refractivity contribution in [2.75, 3.05) is 0 Å². The summed E-state index contributed by atoms with van der Waals surface area (Å²) >= 11 is 0. The van der Waals surface area contributed by atoms with Crippen LogP contribution in [0.15, 0.2) is 52.2 Å². The van der Waals surface area contributed by atoms with Crippen molar-refractivity contribution < 1.29 is 19.5 Å². The number of ketones is 1. The summed E-state index contributed by atoms with van der Waals surface area (Å²) < 4.78 is 6.15. The standard InChI is InChI=1S/C31H35NO4/c1-5-13-31(36-20(3)33)14-12-27-28-19(2)15-23-16-24(34)10-11-25(23)29(28)26(17-30(27,31)4)22-8-6-21(7-9-22)18-32-35/h6-9,16,18-19,26-28,35H,10-12,14-15,17H2,1-4H3/b32-18+/t19-,26?,27?,28?,30+,31+/m1/s1. The number of carbonyl (C=O) groups excluding carboxylic acids is 2. The summed E-state index contributed by atoms with van der Waals surface area (Å²) in [5.74, 6) is 7.67. The van der Waals surface area contributed by atoms with Gasteiger partial charge in [0.15, 0.2) is 11.4 Å². The predicted octanol–water partition coefficient (Wildman–Crippen LogP) is 5.97. The summed E-state index contributed by atoms with van der Waals surface area (Å²) in [5, 5.41) is 12.1. The molecule has 0 bridgehead atoms. The van der Waals surface area contributed by atoms with Crippen LogP contribution >= 0.6 is 0 Å². The number of allylic oxidation sites excluding steroid dienone is 4. The SMILES string of the molecule is CC#C[C@]1(OC(C)=O)CCC2C3C(=C4CCC(=O)C=C4C[C@H]3C)C(c3ccc(/C=N/O)cc3)C[C@@]21C. The second-order valence-electron chi connectivity index (χ2n) is 11.3. The van der Waals surface area contributed by atoms with Gasteiger partial charge in [0.2, 0.25) is 0 Å². The Bertz CT molecular complexity index is 1240. The molecule has 2 fully saturated rings. The van der Waals surface area contributed by atoms with E-state index < -0.39 is 5.60 Å². The molecule has 1 aromatic rings. The van der Waals surface area contributed by atoms with Gasteiger partial charge in [-0.3, -0.25) is 9.59 Å². The average molecular weight is 486 g/mol. The van der Waals surface area contributed by atoms with E-state index in [0.29, 0.717) is 24.2 Å². The number of nitrogens with zero attached hydrogens (tertiary/aromatic N) is 1. The van der Waals surface area contributed by atoms with Crippen LogP contribution in [0.1, 0.15) is 83.3 Å². The first kappa shape index (κ1) is 24.6. The molecule has 0 amide bonds. The van der Waals surface area contributed by atoms with E-state index in [4.69, 9.17) is 9.94 Å². The predicted molar refractivity (Wildman–Crippen MR) is 139 cm³/mol. The van der Waals surface area contributed by atoms with E-state index in [1.807, 2.05) is 25.1 Å². The van der Waals surface area contributed by atoms with Crippen LogP contribution < -0.4 is 0 Å². The number of esters is 1. The zero-order valence-corrected chi connectivity index (χ0v) is 21.6. The lowest BCUT2D eigenvalue weighted by molar-refractivity contribution is -0.164. The number of oxime groups is 1. The number of fused-ring (bicyclic) bond motifs is 4. The molecule has 6 atom stereocenters. The molecule has 4 aliphatic carbocycles. The highest BCUT2D eigenvalue weighted by molar-refractivity contribution is 5.93. The first-order valence-corrected chi connectivity index (χ1v) is 13.1. The summed E-state index contributed by atoms with van der Waals surface area (Å²) in [6, 6.07) is 8.22. The fraction of sp³-hybridized carbons (Fsp3) is 0.516. The van der Waals surface area contributed by atoms with E-state index in [2.05, 4.69) is 43.0 Å². The number of ether oxygens (including phenoxy) is 1. The molecule has 0 aliphatic heterocycles. The monoisotopic (exact) mass is 485 g/mol. The maximum absolute atomic E-state index is 12.3. The molecule has 0 spiro atoms. The molecule has 0 heterocycles. The second kappa shape index (κ2) is 9.07. The van der Waals surface area contributed by atoms with Gasteiger partial charge in [0.05, 0.1) is 6.21 Å². The Morgan fingerprint density at radius 2 is 2.00 bits per heavy atom. The van der Waals surface area contributed by atoms with Crippen LogP contribution in [0.3, 0.4) is 0 Å². The van der Waals surface area contributed by atoms with Gasteiger partial charge in [-0.2, -0.15) is 0 Å². The van der Waals surface area contributed by atoms with Crippen molar-refractivity contribution in [3.8, 4) is 11.8 Å². The molecule has 36 heavy (non-hydrogen) atoms. The van der Waals surface area contributed by atoms with Crippen molar-refractivity contribution in [1.82, 2.24) is 0 Å². The summed E-state index contributed by atoms with van der Waals surface area (Å²) in [6.45, 7) is 7.94. The van der Waals surface area contributed by atoms with E-state index in [-0.39, 0.29) is 23.1 Å². The van der Waals surface area contributed by atoms with Crippen LogP contribution in [0.2, 0.25) is 0 Å². The molecule has 5 rings (SSSR count). The van der Waals surface area contributed by atoms with Crippen LogP contribution in [0.5, 0.6) is 0 Å². The quantitative estimate of drug-likeness (QED) is 0.188. The van der Waals surface area contributed by atoms with Crippen LogP contribution in [-0.2, 0) is 14.3 Å². The van der Waals surface area contributed by atoms with E-state index in [9.17, 15) is 9.59 Å². The van der Waals surface area contributed by atoms with E-state index >= 15 is 0 Å². The number of hydrogen-bond acceptors (Lipinski definition) is 5. The largest absolute Gasteiger partial charge is 0.445 e. The van der Waals surface area contributed by atoms with Crippen molar-refractivity contribution in [3.05, 3.63) is 58.2 Å². The molecule has 1 aromatic carbocycles. The Labute approximate surface area is 213 Å². The molecule has 0 radical (unpaired) electrons. The average Bonchev–Trinajstić information content (AvgIpc) is 3.10. The minimum atomic E-state index is -0.797. The Hall–Kier alpha value is -3.13. The van der Waals surface area contributed by atoms with E-state index in [1.54, 1.807) is 0 Å². The third-order valence-electron chi connectivity index (χ3n) is 9.38. The second-order valence-corrected chi connectivity index (χ2v) is 11.3. The maximum Gasteiger partial charge on any atom is 0.304 e. The topological polar surface area (TPSA) is 76.0 Å². The molecule has 0 aromatic heterocycles. The molecule has 188 valence electrons. The van der Waals surface area contributed by atoms with Gasteiger partial charge in [0.25, 0.3) is 0 Å². The summed E-state index contributed by atoms with van der Waals surface area (Å²) in [5.41, 5.74) is 5.04. The Kier molecular flexibility index (Phi) is 6.19. The molecule has 4 aliphatic rings. The molecule has 0 saturated heterocycles. The zero-order chi connectivity index (χ0) is 25.7. The Morgan fingerprint density at radius 1 is 1.25 bits per heavy atom. The van der Waals surface area contributed by atoms with Gasteiger partial charge in [-0.15, -0.1) is 5.92 Å². The fourth-order valence-corrected chi connectivity index (χ4v) is 8.02. The first-order valence-electron chi connectivity index (χ1n) is 13.1. The highest BCUT2D eigenvalue weighted by Crippen LogP contribution is 2.68. The normalized spacial score (nSPS) is 35.3. The Morgan fingerprint density at radius 3 is 2.67 bits per heavy atom. The lowest BCUT2D eigenvalue weighted by Gasteiger charge is -2.56. The smallest absolute Gasteiger partial charge is 0.304 e. The van der Waals surface area contributed by atoms with Crippen LogP contribution in [0, 0.1) is 35.0 Å². The van der Waals surface area contributed by atoms with E-state index in [0.717, 1.165) is 37.7 Å². The molecular formula is C31H35NO4. The third kappa shape index (κ3) is 3.74. The summed E-state index contributed by atoms with van der Waals surface area (Å²) in [7, 11) is 0. The number of benzene rings is 1.